The van der Waals surface area contributed by atoms with Gasteiger partial charge in [0.05, 0.1) is 19.8 Å². The maximum Gasteiger partial charge on any atom is 0.472 e. The molecule has 0 heterocycles. The quantitative estimate of drug-likeness (QED) is 0.0473. The van der Waals surface area contributed by atoms with Crippen LogP contribution in [-0.4, -0.2) is 65.7 Å². The van der Waals surface area contributed by atoms with Crippen LogP contribution in [0.1, 0.15) is 117 Å². The number of aliphatic hydroxyl groups excluding tert-OH is 2. The summed E-state index contributed by atoms with van der Waals surface area (Å²) >= 11 is 0. The van der Waals surface area contributed by atoms with Crippen molar-refractivity contribution in [3.63, 3.8) is 0 Å². The summed E-state index contributed by atoms with van der Waals surface area (Å²) in [6, 6.07) is 0. The molecule has 0 aromatic carbocycles. The largest absolute Gasteiger partial charge is 0.472 e. The summed E-state index contributed by atoms with van der Waals surface area (Å²) < 4.78 is 31.3. The highest BCUT2D eigenvalue weighted by atomic mass is 31.2. The Labute approximate surface area is 235 Å². The highest BCUT2D eigenvalue weighted by Crippen LogP contribution is 2.43. The van der Waals surface area contributed by atoms with Crippen LogP contribution in [-0.2, 0) is 32.7 Å². The molecule has 11 heteroatoms. The van der Waals surface area contributed by atoms with E-state index in [9.17, 15) is 24.2 Å². The number of ether oxygens (including phenoxy) is 2. The van der Waals surface area contributed by atoms with E-state index in [1.807, 2.05) is 0 Å². The number of hydrogen-bond acceptors (Lipinski definition) is 9. The number of phosphoric ester groups is 1. The molecule has 10 nitrogen and oxygen atoms in total. The number of unbranched alkanes of at least 4 members (excludes halogenated alkanes) is 13. The van der Waals surface area contributed by atoms with E-state index in [1.54, 1.807) is 0 Å². The van der Waals surface area contributed by atoms with Crippen molar-refractivity contribution in [1.82, 2.24) is 0 Å². The molecule has 0 aromatic rings. The zero-order valence-corrected chi connectivity index (χ0v) is 25.0. The van der Waals surface area contributed by atoms with Crippen LogP contribution < -0.4 is 0 Å². The molecule has 0 aliphatic rings. The van der Waals surface area contributed by atoms with Crippen molar-refractivity contribution in [1.29, 1.82) is 0 Å². The van der Waals surface area contributed by atoms with Crippen LogP contribution in [0.15, 0.2) is 12.2 Å². The molecule has 0 radical (unpaired) electrons. The molecule has 0 saturated heterocycles. The Morgan fingerprint density at radius 2 is 1.31 bits per heavy atom. The number of allylic oxidation sites excluding steroid dienone is 2. The molecule has 3 N–H and O–H groups in total. The lowest BCUT2D eigenvalue weighted by atomic mass is 10.1. The van der Waals surface area contributed by atoms with E-state index in [4.69, 9.17) is 19.1 Å². The summed E-state index contributed by atoms with van der Waals surface area (Å²) in [7, 11) is -4.57. The van der Waals surface area contributed by atoms with Gasteiger partial charge < -0.3 is 24.6 Å². The number of carbonyl (C=O) groups excluding carboxylic acids is 2. The Kier molecular flexibility index (Phi) is 24.8. The van der Waals surface area contributed by atoms with Crippen molar-refractivity contribution in [2.75, 3.05) is 26.4 Å². The van der Waals surface area contributed by atoms with Crippen LogP contribution in [0.25, 0.3) is 0 Å². The van der Waals surface area contributed by atoms with Gasteiger partial charge in [-0.1, -0.05) is 83.3 Å². The summed E-state index contributed by atoms with van der Waals surface area (Å²) in [5.41, 5.74) is 0. The van der Waals surface area contributed by atoms with Crippen LogP contribution in [0.3, 0.4) is 0 Å². The SMILES string of the molecule is CCCCCCCC/C=C\CCCCCCCCCC(=O)OC(COC(C)=O)COP(=O)(O)OCC(O)CO. The maximum atomic E-state index is 12.2. The summed E-state index contributed by atoms with van der Waals surface area (Å²) in [4.78, 5) is 32.9. The lowest BCUT2D eigenvalue weighted by Crippen LogP contribution is -2.29. The van der Waals surface area contributed by atoms with Gasteiger partial charge in [0, 0.05) is 13.3 Å². The van der Waals surface area contributed by atoms with Gasteiger partial charge >= 0.3 is 19.8 Å². The molecule has 0 fully saturated rings. The molecular formula is C28H53O10P. The average molecular weight is 581 g/mol. The minimum Gasteiger partial charge on any atom is -0.462 e. The van der Waals surface area contributed by atoms with Crippen molar-refractivity contribution < 1.29 is 47.8 Å². The molecule has 3 unspecified atom stereocenters. The fourth-order valence-corrected chi connectivity index (χ4v) is 4.50. The van der Waals surface area contributed by atoms with Crippen LogP contribution in [0.5, 0.6) is 0 Å². The zero-order chi connectivity index (χ0) is 29.2. The lowest BCUT2D eigenvalue weighted by Gasteiger charge is -2.20. The Hall–Kier alpha value is -1.29. The van der Waals surface area contributed by atoms with E-state index >= 15 is 0 Å². The first-order valence-corrected chi connectivity index (χ1v) is 16.1. The van der Waals surface area contributed by atoms with Crippen LogP contribution in [0, 0.1) is 0 Å². The Bertz CT molecular complexity index is 685. The second-order valence-electron chi connectivity index (χ2n) is 9.85. The molecule has 0 saturated carbocycles. The van der Waals surface area contributed by atoms with Gasteiger partial charge in [-0.15, -0.1) is 0 Å². The third-order valence-electron chi connectivity index (χ3n) is 5.98. The summed E-state index contributed by atoms with van der Waals surface area (Å²) in [5, 5.41) is 17.9. The van der Waals surface area contributed by atoms with Crippen molar-refractivity contribution in [3.05, 3.63) is 12.2 Å². The third kappa shape index (κ3) is 26.7. The van der Waals surface area contributed by atoms with Gasteiger partial charge in [-0.25, -0.2) is 4.57 Å². The molecule has 0 spiro atoms. The van der Waals surface area contributed by atoms with Gasteiger partial charge in [0.1, 0.15) is 12.7 Å². The second kappa shape index (κ2) is 25.7. The van der Waals surface area contributed by atoms with Crippen LogP contribution in [0.2, 0.25) is 0 Å². The maximum absolute atomic E-state index is 12.2. The number of hydrogen-bond donors (Lipinski definition) is 3. The normalized spacial score (nSPS) is 14.7. The van der Waals surface area contributed by atoms with Crippen LogP contribution in [0.4, 0.5) is 0 Å². The molecule has 0 amide bonds. The molecule has 0 rings (SSSR count). The first-order valence-electron chi connectivity index (χ1n) is 14.6. The van der Waals surface area contributed by atoms with Crippen molar-refractivity contribution in [2.24, 2.45) is 0 Å². The van der Waals surface area contributed by atoms with Crippen molar-refractivity contribution in [2.45, 2.75) is 129 Å². The van der Waals surface area contributed by atoms with Crippen molar-refractivity contribution in [3.8, 4) is 0 Å². The fourth-order valence-electron chi connectivity index (χ4n) is 3.71. The smallest absolute Gasteiger partial charge is 0.462 e. The Balaban J connectivity index is 3.94. The predicted molar refractivity (Wildman–Crippen MR) is 150 cm³/mol. The minimum absolute atomic E-state index is 0.177. The van der Waals surface area contributed by atoms with E-state index in [0.717, 1.165) is 25.7 Å². The monoisotopic (exact) mass is 580 g/mol. The third-order valence-corrected chi connectivity index (χ3v) is 6.93. The molecule has 0 aliphatic heterocycles. The van der Waals surface area contributed by atoms with E-state index in [1.165, 1.54) is 71.1 Å². The molecule has 0 bridgehead atoms. The molecule has 0 aliphatic carbocycles. The van der Waals surface area contributed by atoms with Gasteiger partial charge in [0.25, 0.3) is 0 Å². The molecule has 3 atom stereocenters. The highest BCUT2D eigenvalue weighted by Gasteiger charge is 2.26. The average Bonchev–Trinajstić information content (AvgIpc) is 2.90. The summed E-state index contributed by atoms with van der Waals surface area (Å²) in [5.74, 6) is -1.12. The Morgan fingerprint density at radius 1 is 0.795 bits per heavy atom. The summed E-state index contributed by atoms with van der Waals surface area (Å²) in [6.45, 7) is 1.28. The number of phosphoric acid groups is 1. The fraction of sp³-hybridized carbons (Fsp3) is 0.857. The van der Waals surface area contributed by atoms with E-state index in [0.29, 0.717) is 6.42 Å². The highest BCUT2D eigenvalue weighted by molar-refractivity contribution is 7.47. The summed E-state index contributed by atoms with van der Waals surface area (Å²) in [6.07, 6.45) is 20.0. The van der Waals surface area contributed by atoms with Gasteiger partial charge in [-0.05, 0) is 32.1 Å². The first kappa shape index (κ1) is 37.7. The lowest BCUT2D eigenvalue weighted by molar-refractivity contribution is -0.160. The molecular weight excluding hydrogens is 527 g/mol. The molecule has 230 valence electrons. The molecule has 0 aromatic heterocycles. The number of carbonyl (C=O) groups is 2. The van der Waals surface area contributed by atoms with E-state index in [-0.39, 0.29) is 13.0 Å². The van der Waals surface area contributed by atoms with Gasteiger partial charge in [0.2, 0.25) is 0 Å². The van der Waals surface area contributed by atoms with E-state index < -0.39 is 51.8 Å². The first-order chi connectivity index (χ1) is 18.7. The number of rotatable bonds is 27. The second-order valence-corrected chi connectivity index (χ2v) is 11.3. The minimum atomic E-state index is -4.57. The Morgan fingerprint density at radius 3 is 1.85 bits per heavy atom. The van der Waals surface area contributed by atoms with Crippen molar-refractivity contribution >= 4 is 19.8 Å². The van der Waals surface area contributed by atoms with Gasteiger partial charge in [0.15, 0.2) is 6.10 Å². The van der Waals surface area contributed by atoms with Gasteiger partial charge in [-0.2, -0.15) is 0 Å². The van der Waals surface area contributed by atoms with Gasteiger partial charge in [-0.3, -0.25) is 18.6 Å². The van der Waals surface area contributed by atoms with Crippen LogP contribution >= 0.6 is 7.82 Å². The standard InChI is InChI=1S/C28H53O10P/c1-3-4-5-6-7-8-9-10-11-12-13-14-15-16-17-18-19-20-28(32)38-27(23-35-25(2)30)24-37-39(33,34)36-22-26(31)21-29/h10-11,26-27,29,31H,3-9,12-24H2,1-2H3,(H,33,34)/b11-10-. The zero-order valence-electron chi connectivity index (χ0n) is 24.1. The van der Waals surface area contributed by atoms with E-state index in [2.05, 4.69) is 23.6 Å². The topological polar surface area (TPSA) is 149 Å². The number of aliphatic hydroxyl groups is 2. The number of esters is 2. The predicted octanol–water partition coefficient (Wildman–Crippen LogP) is 5.77. The molecule has 39 heavy (non-hydrogen) atoms.